The Balaban J connectivity index is 1.79. The average Bonchev–Trinajstić information content (AvgIpc) is 3.13. The fraction of sp³-hybridized carbons (Fsp3) is 0.238. The molecule has 0 aliphatic carbocycles. The van der Waals surface area contributed by atoms with Crippen LogP contribution in [0.15, 0.2) is 54.7 Å². The number of hydrogen-bond donors (Lipinski definition) is 1. The van der Waals surface area contributed by atoms with Gasteiger partial charge in [0.2, 0.25) is 0 Å². The van der Waals surface area contributed by atoms with Crippen LogP contribution in [-0.2, 0) is 0 Å². The molecule has 3 aromatic rings. The van der Waals surface area contributed by atoms with Crippen LogP contribution >= 0.6 is 23.2 Å². The van der Waals surface area contributed by atoms with Crippen molar-refractivity contribution in [2.45, 2.75) is 18.9 Å². The maximum absolute atomic E-state index is 13.0. The molecular formula is C21H19Cl2N3O2. The summed E-state index contributed by atoms with van der Waals surface area (Å²) in [7, 11) is 0. The van der Waals surface area contributed by atoms with Crippen molar-refractivity contribution in [3.63, 3.8) is 0 Å². The molecule has 0 saturated carbocycles. The van der Waals surface area contributed by atoms with Crippen molar-refractivity contribution in [3.8, 4) is 17.1 Å². The number of benzene rings is 2. The predicted molar refractivity (Wildman–Crippen MR) is 110 cm³/mol. The smallest absolute Gasteiger partial charge is 0.274 e. The Morgan fingerprint density at radius 3 is 2.57 bits per heavy atom. The third kappa shape index (κ3) is 3.78. The Hall–Kier alpha value is -2.34. The van der Waals surface area contributed by atoms with E-state index in [-0.39, 0.29) is 5.91 Å². The highest BCUT2D eigenvalue weighted by Gasteiger charge is 2.26. The molecule has 1 aromatic heterocycles. The summed E-state index contributed by atoms with van der Waals surface area (Å²) in [6.07, 6.45) is 2.72. The summed E-state index contributed by atoms with van der Waals surface area (Å²) < 4.78 is 1.84. The first-order valence-electron chi connectivity index (χ1n) is 9.10. The van der Waals surface area contributed by atoms with Gasteiger partial charge in [0.05, 0.1) is 11.1 Å². The molecule has 2 heterocycles. The minimum Gasteiger partial charge on any atom is -0.391 e. The summed E-state index contributed by atoms with van der Waals surface area (Å²) in [5, 5.41) is 11.1. The largest absolute Gasteiger partial charge is 0.391 e. The molecule has 0 radical (unpaired) electrons. The van der Waals surface area contributed by atoms with Crippen LogP contribution < -0.4 is 0 Å². The fourth-order valence-electron chi connectivity index (χ4n) is 3.42. The van der Waals surface area contributed by atoms with E-state index in [0.29, 0.717) is 41.1 Å². The zero-order valence-corrected chi connectivity index (χ0v) is 16.6. The van der Waals surface area contributed by atoms with Gasteiger partial charge in [-0.3, -0.25) is 9.36 Å². The van der Waals surface area contributed by atoms with Crippen molar-refractivity contribution in [1.29, 1.82) is 0 Å². The van der Waals surface area contributed by atoms with E-state index < -0.39 is 6.10 Å². The molecular weight excluding hydrogens is 397 g/mol. The summed E-state index contributed by atoms with van der Waals surface area (Å²) in [5.74, 6) is 0.383. The van der Waals surface area contributed by atoms with Crippen LogP contribution in [0.2, 0.25) is 10.0 Å². The van der Waals surface area contributed by atoms with E-state index in [1.807, 2.05) is 34.9 Å². The first-order chi connectivity index (χ1) is 13.5. The van der Waals surface area contributed by atoms with E-state index in [9.17, 15) is 9.90 Å². The predicted octanol–water partition coefficient (Wildman–Crippen LogP) is 4.44. The van der Waals surface area contributed by atoms with Crippen LogP contribution in [0, 0.1) is 0 Å². The molecule has 1 aliphatic heterocycles. The third-order valence-corrected chi connectivity index (χ3v) is 5.41. The van der Waals surface area contributed by atoms with Gasteiger partial charge in [-0.05, 0) is 49.2 Å². The molecule has 1 unspecified atom stereocenters. The van der Waals surface area contributed by atoms with Gasteiger partial charge in [-0.25, -0.2) is 4.98 Å². The number of piperidine rings is 1. The molecule has 28 heavy (non-hydrogen) atoms. The Bertz CT molecular complexity index is 1000. The normalized spacial score (nSPS) is 17.0. The van der Waals surface area contributed by atoms with E-state index in [2.05, 4.69) is 4.98 Å². The highest BCUT2D eigenvalue weighted by Crippen LogP contribution is 2.30. The SMILES string of the molecule is O=C(c1cn(-c2ccc(Cl)cc2)c(-c2ccccc2Cl)n1)N1CCCC(O)C1. The van der Waals surface area contributed by atoms with Gasteiger partial charge in [0, 0.05) is 35.6 Å². The molecule has 1 fully saturated rings. The minimum atomic E-state index is -0.487. The van der Waals surface area contributed by atoms with Crippen LogP contribution in [0.5, 0.6) is 0 Å². The molecule has 5 nitrogen and oxygen atoms in total. The summed E-state index contributed by atoms with van der Waals surface area (Å²) in [6, 6.07) is 14.7. The summed E-state index contributed by atoms with van der Waals surface area (Å²) in [6.45, 7) is 0.944. The number of likely N-dealkylation sites (tertiary alicyclic amines) is 1. The van der Waals surface area contributed by atoms with E-state index >= 15 is 0 Å². The number of amides is 1. The van der Waals surface area contributed by atoms with Crippen molar-refractivity contribution in [2.75, 3.05) is 13.1 Å². The maximum atomic E-state index is 13.0. The Morgan fingerprint density at radius 2 is 1.86 bits per heavy atom. The lowest BCUT2D eigenvalue weighted by Crippen LogP contribution is -2.42. The number of nitrogens with zero attached hydrogens (tertiary/aromatic N) is 3. The second-order valence-corrected chi connectivity index (χ2v) is 7.67. The van der Waals surface area contributed by atoms with E-state index in [1.165, 1.54) is 0 Å². The topological polar surface area (TPSA) is 58.4 Å². The van der Waals surface area contributed by atoms with Crippen LogP contribution in [0.4, 0.5) is 0 Å². The van der Waals surface area contributed by atoms with Crippen LogP contribution in [0.3, 0.4) is 0 Å². The lowest BCUT2D eigenvalue weighted by molar-refractivity contribution is 0.0469. The number of rotatable bonds is 3. The van der Waals surface area contributed by atoms with Gasteiger partial charge in [-0.1, -0.05) is 35.3 Å². The number of imidazole rings is 1. The van der Waals surface area contributed by atoms with Gasteiger partial charge in [-0.2, -0.15) is 0 Å². The molecule has 1 amide bonds. The number of hydrogen-bond acceptors (Lipinski definition) is 3. The van der Waals surface area contributed by atoms with Gasteiger partial charge in [-0.15, -0.1) is 0 Å². The van der Waals surface area contributed by atoms with Gasteiger partial charge in [0.15, 0.2) is 0 Å². The Kier molecular flexibility index (Phi) is 5.40. The van der Waals surface area contributed by atoms with Crippen LogP contribution in [-0.4, -0.2) is 44.7 Å². The monoisotopic (exact) mass is 415 g/mol. The summed E-state index contributed by atoms with van der Waals surface area (Å²) in [5.41, 5.74) is 1.88. The quantitative estimate of drug-likeness (QED) is 0.687. The van der Waals surface area contributed by atoms with Gasteiger partial charge in [0.1, 0.15) is 11.5 Å². The standard InChI is InChI=1S/C21H19Cl2N3O2/c22-14-7-9-15(10-8-14)26-13-19(21(28)25-11-3-4-16(27)12-25)24-20(26)17-5-1-2-6-18(17)23/h1-2,5-10,13,16,27H,3-4,11-12H2. The van der Waals surface area contributed by atoms with E-state index in [0.717, 1.165) is 17.7 Å². The number of aromatic nitrogens is 2. The number of halogens is 2. The average molecular weight is 416 g/mol. The second kappa shape index (κ2) is 7.95. The molecule has 1 aliphatic rings. The first kappa shape index (κ1) is 19.0. The van der Waals surface area contributed by atoms with E-state index in [1.54, 1.807) is 29.3 Å². The lowest BCUT2D eigenvalue weighted by Gasteiger charge is -2.29. The number of aliphatic hydroxyl groups excluding tert-OH is 1. The maximum Gasteiger partial charge on any atom is 0.274 e. The van der Waals surface area contributed by atoms with Crippen molar-refractivity contribution in [3.05, 3.63) is 70.5 Å². The Labute approximate surface area is 173 Å². The molecule has 1 N–H and O–H groups in total. The number of β-amino-alcohol motifs (C(OH)–C–C–N with tert-alkyl or cyclic N) is 1. The number of aliphatic hydroxyl groups is 1. The van der Waals surface area contributed by atoms with Gasteiger partial charge in [0.25, 0.3) is 5.91 Å². The lowest BCUT2D eigenvalue weighted by atomic mass is 10.1. The number of carbonyl (C=O) groups is 1. The summed E-state index contributed by atoms with van der Waals surface area (Å²) in [4.78, 5) is 19.3. The molecule has 144 valence electrons. The molecule has 7 heteroatoms. The highest BCUT2D eigenvalue weighted by atomic mass is 35.5. The van der Waals surface area contributed by atoms with Crippen LogP contribution in [0.25, 0.3) is 17.1 Å². The van der Waals surface area contributed by atoms with E-state index in [4.69, 9.17) is 23.2 Å². The summed E-state index contributed by atoms with van der Waals surface area (Å²) >= 11 is 12.4. The molecule has 1 saturated heterocycles. The molecule has 0 spiro atoms. The molecule has 0 bridgehead atoms. The van der Waals surface area contributed by atoms with Crippen molar-refractivity contribution in [2.24, 2.45) is 0 Å². The fourth-order valence-corrected chi connectivity index (χ4v) is 3.76. The third-order valence-electron chi connectivity index (χ3n) is 4.83. The van der Waals surface area contributed by atoms with Crippen molar-refractivity contribution < 1.29 is 9.90 Å². The minimum absolute atomic E-state index is 0.195. The second-order valence-electron chi connectivity index (χ2n) is 6.82. The highest BCUT2D eigenvalue weighted by molar-refractivity contribution is 6.33. The zero-order chi connectivity index (χ0) is 19.7. The first-order valence-corrected chi connectivity index (χ1v) is 9.86. The number of carbonyl (C=O) groups excluding carboxylic acids is 1. The Morgan fingerprint density at radius 1 is 1.11 bits per heavy atom. The van der Waals surface area contributed by atoms with Crippen LogP contribution in [0.1, 0.15) is 23.3 Å². The molecule has 4 rings (SSSR count). The van der Waals surface area contributed by atoms with Gasteiger partial charge >= 0.3 is 0 Å². The molecule has 2 aromatic carbocycles. The van der Waals surface area contributed by atoms with Gasteiger partial charge < -0.3 is 10.0 Å². The zero-order valence-electron chi connectivity index (χ0n) is 15.1. The molecule has 1 atom stereocenters. The van der Waals surface area contributed by atoms with Crippen molar-refractivity contribution in [1.82, 2.24) is 14.5 Å². The van der Waals surface area contributed by atoms with Crippen molar-refractivity contribution >= 4 is 29.1 Å².